The number of ether oxygens (including phenoxy) is 1. The third-order valence-corrected chi connectivity index (χ3v) is 1.76. The normalized spacial score (nSPS) is 26.5. The Morgan fingerprint density at radius 1 is 1.82 bits per heavy atom. The molecule has 0 spiro atoms. The molecule has 64 valence electrons. The van der Waals surface area contributed by atoms with Crippen LogP contribution >= 0.6 is 0 Å². The first-order chi connectivity index (χ1) is 5.20. The number of hydrogen-bond acceptors (Lipinski definition) is 3. The van der Waals surface area contributed by atoms with E-state index in [1.54, 1.807) is 0 Å². The predicted octanol–water partition coefficient (Wildman–Crippen LogP) is -0.523. The van der Waals surface area contributed by atoms with Crippen LogP contribution in [0.5, 0.6) is 0 Å². The summed E-state index contributed by atoms with van der Waals surface area (Å²) in [5, 5.41) is 11.7. The summed E-state index contributed by atoms with van der Waals surface area (Å²) in [4.78, 5) is 10.5. The average molecular weight is 159 g/mol. The number of aliphatic hydroxyl groups excluding tert-OH is 1. The highest BCUT2D eigenvalue weighted by Gasteiger charge is 2.23. The molecular formula is C7H13NO3. The zero-order valence-corrected chi connectivity index (χ0v) is 6.54. The molecule has 0 aliphatic carbocycles. The number of aliphatic hydroxyl groups is 1. The lowest BCUT2D eigenvalue weighted by molar-refractivity contribution is -0.122. The second-order valence-electron chi connectivity index (χ2n) is 2.77. The molecule has 11 heavy (non-hydrogen) atoms. The summed E-state index contributed by atoms with van der Waals surface area (Å²) in [6.07, 6.45) is 0.0801. The molecule has 1 fully saturated rings. The Kier molecular flexibility index (Phi) is 2.84. The van der Waals surface area contributed by atoms with E-state index >= 15 is 0 Å². The summed E-state index contributed by atoms with van der Waals surface area (Å²) in [5.74, 6) is -0.136. The van der Waals surface area contributed by atoms with Gasteiger partial charge in [-0.3, -0.25) is 4.79 Å². The predicted molar refractivity (Wildman–Crippen MR) is 38.7 cm³/mol. The van der Waals surface area contributed by atoms with Crippen molar-refractivity contribution in [2.45, 2.75) is 19.6 Å². The second kappa shape index (κ2) is 3.69. The molecule has 1 amide bonds. The zero-order valence-electron chi connectivity index (χ0n) is 6.54. The van der Waals surface area contributed by atoms with E-state index in [0.29, 0.717) is 13.2 Å². The van der Waals surface area contributed by atoms with Crippen LogP contribution < -0.4 is 5.32 Å². The van der Waals surface area contributed by atoms with Gasteiger partial charge in [-0.2, -0.15) is 0 Å². The Hall–Kier alpha value is -0.610. The van der Waals surface area contributed by atoms with Crippen molar-refractivity contribution in [3.63, 3.8) is 0 Å². The van der Waals surface area contributed by atoms with Gasteiger partial charge in [0.25, 0.3) is 0 Å². The minimum absolute atomic E-state index is 0.0684. The van der Waals surface area contributed by atoms with Gasteiger partial charge in [-0.25, -0.2) is 0 Å². The van der Waals surface area contributed by atoms with Gasteiger partial charge >= 0.3 is 0 Å². The van der Waals surface area contributed by atoms with E-state index in [9.17, 15) is 9.90 Å². The Morgan fingerprint density at radius 3 is 3.00 bits per heavy atom. The van der Waals surface area contributed by atoms with E-state index in [0.717, 1.165) is 6.42 Å². The van der Waals surface area contributed by atoms with E-state index in [-0.39, 0.29) is 11.8 Å². The quantitative estimate of drug-likeness (QED) is 0.533. The van der Waals surface area contributed by atoms with Crippen molar-refractivity contribution in [1.82, 2.24) is 5.32 Å². The highest BCUT2D eigenvalue weighted by molar-refractivity contribution is 5.72. The van der Waals surface area contributed by atoms with E-state index in [1.165, 1.54) is 6.92 Å². The van der Waals surface area contributed by atoms with E-state index in [1.807, 2.05) is 0 Å². The first kappa shape index (κ1) is 8.49. The number of rotatable bonds is 2. The monoisotopic (exact) mass is 159 g/mol. The topological polar surface area (TPSA) is 58.6 Å². The Labute approximate surface area is 65.5 Å². The van der Waals surface area contributed by atoms with Crippen molar-refractivity contribution in [3.8, 4) is 0 Å². The van der Waals surface area contributed by atoms with Gasteiger partial charge < -0.3 is 15.2 Å². The fraction of sp³-hybridized carbons (Fsp3) is 0.857. The van der Waals surface area contributed by atoms with Crippen molar-refractivity contribution in [3.05, 3.63) is 0 Å². The lowest BCUT2D eigenvalue weighted by atomic mass is 10.1. The SMILES string of the molecule is CC(=O)NC(O)C1CCOC1. The largest absolute Gasteiger partial charge is 0.381 e. The van der Waals surface area contributed by atoms with E-state index in [2.05, 4.69) is 5.32 Å². The van der Waals surface area contributed by atoms with Gasteiger partial charge in [0.05, 0.1) is 6.61 Å². The van der Waals surface area contributed by atoms with Crippen molar-refractivity contribution in [2.75, 3.05) is 13.2 Å². The molecule has 0 aromatic carbocycles. The molecule has 2 atom stereocenters. The second-order valence-corrected chi connectivity index (χ2v) is 2.77. The van der Waals surface area contributed by atoms with Crippen molar-refractivity contribution in [2.24, 2.45) is 5.92 Å². The number of amides is 1. The van der Waals surface area contributed by atoms with Gasteiger partial charge in [-0.1, -0.05) is 0 Å². The summed E-state index contributed by atoms with van der Waals surface area (Å²) < 4.78 is 5.05. The lowest BCUT2D eigenvalue weighted by Crippen LogP contribution is -2.39. The van der Waals surface area contributed by atoms with Crippen LogP contribution in [0.25, 0.3) is 0 Å². The molecule has 1 aliphatic heterocycles. The molecule has 1 rings (SSSR count). The third-order valence-electron chi connectivity index (χ3n) is 1.76. The van der Waals surface area contributed by atoms with Gasteiger partial charge in [0.2, 0.25) is 5.91 Å². The van der Waals surface area contributed by atoms with Crippen LogP contribution in [0.1, 0.15) is 13.3 Å². The standard InChI is InChI=1S/C7H13NO3/c1-5(9)8-7(10)6-2-3-11-4-6/h6-7,10H,2-4H2,1H3,(H,8,9). The molecule has 2 unspecified atom stereocenters. The molecule has 1 aliphatic rings. The summed E-state index contributed by atoms with van der Waals surface area (Å²) in [6.45, 7) is 2.61. The van der Waals surface area contributed by atoms with Gasteiger partial charge in [0.15, 0.2) is 0 Å². The number of carbonyl (C=O) groups is 1. The highest BCUT2D eigenvalue weighted by Crippen LogP contribution is 2.14. The molecule has 2 N–H and O–H groups in total. The Bertz CT molecular complexity index is 143. The number of carbonyl (C=O) groups excluding carboxylic acids is 1. The van der Waals surface area contributed by atoms with E-state index in [4.69, 9.17) is 4.74 Å². The molecule has 1 saturated heterocycles. The fourth-order valence-corrected chi connectivity index (χ4v) is 1.13. The van der Waals surface area contributed by atoms with Crippen LogP contribution in [0.2, 0.25) is 0 Å². The van der Waals surface area contributed by atoms with E-state index < -0.39 is 6.23 Å². The molecule has 0 radical (unpaired) electrons. The third kappa shape index (κ3) is 2.48. The van der Waals surface area contributed by atoms with Crippen LogP contribution in [0.4, 0.5) is 0 Å². The summed E-state index contributed by atoms with van der Waals surface area (Å²) in [5.41, 5.74) is 0. The maximum Gasteiger partial charge on any atom is 0.218 e. The van der Waals surface area contributed by atoms with Gasteiger partial charge in [0.1, 0.15) is 6.23 Å². The van der Waals surface area contributed by atoms with Crippen molar-refractivity contribution < 1.29 is 14.6 Å². The number of hydrogen-bond donors (Lipinski definition) is 2. The Balaban J connectivity index is 2.28. The average Bonchev–Trinajstić information content (AvgIpc) is 2.35. The molecule has 0 saturated carbocycles. The van der Waals surface area contributed by atoms with Crippen LogP contribution in [-0.4, -0.2) is 30.5 Å². The van der Waals surface area contributed by atoms with Crippen LogP contribution in [0.15, 0.2) is 0 Å². The zero-order chi connectivity index (χ0) is 8.27. The molecule has 4 heteroatoms. The molecule has 4 nitrogen and oxygen atoms in total. The summed E-state index contributed by atoms with van der Waals surface area (Å²) >= 11 is 0. The van der Waals surface area contributed by atoms with Crippen LogP contribution in [-0.2, 0) is 9.53 Å². The molecule has 0 aromatic rings. The smallest absolute Gasteiger partial charge is 0.218 e. The molecule has 1 heterocycles. The summed E-state index contributed by atoms with van der Waals surface area (Å²) in [6, 6.07) is 0. The molecular weight excluding hydrogens is 146 g/mol. The lowest BCUT2D eigenvalue weighted by Gasteiger charge is -2.16. The first-order valence-corrected chi connectivity index (χ1v) is 3.73. The maximum atomic E-state index is 10.5. The minimum atomic E-state index is -0.741. The summed E-state index contributed by atoms with van der Waals surface area (Å²) in [7, 11) is 0. The molecule has 0 aromatic heterocycles. The van der Waals surface area contributed by atoms with Crippen molar-refractivity contribution in [1.29, 1.82) is 0 Å². The fourth-order valence-electron chi connectivity index (χ4n) is 1.13. The van der Waals surface area contributed by atoms with Crippen molar-refractivity contribution >= 4 is 5.91 Å². The first-order valence-electron chi connectivity index (χ1n) is 3.73. The molecule has 0 bridgehead atoms. The number of nitrogens with one attached hydrogen (secondary N) is 1. The maximum absolute atomic E-state index is 10.5. The minimum Gasteiger partial charge on any atom is -0.381 e. The van der Waals surface area contributed by atoms with Gasteiger partial charge in [-0.15, -0.1) is 0 Å². The van der Waals surface area contributed by atoms with Gasteiger partial charge in [0, 0.05) is 19.4 Å². The van der Waals surface area contributed by atoms with Crippen LogP contribution in [0.3, 0.4) is 0 Å². The van der Waals surface area contributed by atoms with Crippen LogP contribution in [0, 0.1) is 5.92 Å². The highest BCUT2D eigenvalue weighted by atomic mass is 16.5. The Morgan fingerprint density at radius 2 is 2.55 bits per heavy atom. The van der Waals surface area contributed by atoms with Gasteiger partial charge in [-0.05, 0) is 6.42 Å².